The highest BCUT2D eigenvalue weighted by Crippen LogP contribution is 2.24. The molecule has 4 nitrogen and oxygen atoms in total. The van der Waals surface area contributed by atoms with E-state index in [2.05, 4.69) is 28.7 Å². The highest BCUT2D eigenvalue weighted by molar-refractivity contribution is 7.98. The van der Waals surface area contributed by atoms with Gasteiger partial charge < -0.3 is 10.3 Å². The summed E-state index contributed by atoms with van der Waals surface area (Å²) in [5.74, 6) is 1.77. The predicted octanol–water partition coefficient (Wildman–Crippen LogP) is 4.28. The number of imidazole rings is 1. The summed E-state index contributed by atoms with van der Waals surface area (Å²) in [5.41, 5.74) is 5.39. The first-order chi connectivity index (χ1) is 12.7. The lowest BCUT2D eigenvalue weighted by molar-refractivity contribution is 0.0934. The molecule has 0 fully saturated rings. The highest BCUT2D eigenvalue weighted by Gasteiger charge is 2.20. The zero-order valence-corrected chi connectivity index (χ0v) is 15.7. The zero-order valence-electron chi connectivity index (χ0n) is 14.9. The number of thioether (sulfide) groups is 1. The Morgan fingerprint density at radius 3 is 2.92 bits per heavy atom. The second kappa shape index (κ2) is 7.54. The molecule has 134 valence electrons. The van der Waals surface area contributed by atoms with Gasteiger partial charge in [-0.15, -0.1) is 0 Å². The smallest absolute Gasteiger partial charge is 0.251 e. The molecule has 1 atom stereocenters. The molecule has 0 saturated heterocycles. The maximum absolute atomic E-state index is 12.8. The monoisotopic (exact) mass is 365 g/mol. The van der Waals surface area contributed by atoms with Crippen LogP contribution in [0.2, 0.25) is 0 Å². The Bertz CT molecular complexity index is 901. The largest absolute Gasteiger partial charge is 0.342 e. The van der Waals surface area contributed by atoms with E-state index in [1.165, 1.54) is 17.5 Å². The second-order valence-corrected chi connectivity index (χ2v) is 7.77. The SMILES string of the molecule is CSCCC(NC(=O)c1ccc2c(c1)CCC2)c1nc2ccccc2[nH]1. The van der Waals surface area contributed by atoms with E-state index in [9.17, 15) is 4.79 Å². The summed E-state index contributed by atoms with van der Waals surface area (Å²) in [5, 5.41) is 3.19. The molecule has 3 aromatic rings. The number of para-hydroxylation sites is 2. The summed E-state index contributed by atoms with van der Waals surface area (Å²) in [6.07, 6.45) is 6.33. The summed E-state index contributed by atoms with van der Waals surface area (Å²) < 4.78 is 0. The summed E-state index contributed by atoms with van der Waals surface area (Å²) in [6, 6.07) is 14.0. The van der Waals surface area contributed by atoms with E-state index in [1.807, 2.05) is 30.3 Å². The van der Waals surface area contributed by atoms with Crippen molar-refractivity contribution in [2.45, 2.75) is 31.7 Å². The molecule has 26 heavy (non-hydrogen) atoms. The molecule has 1 aliphatic carbocycles. The number of H-pyrrole nitrogens is 1. The summed E-state index contributed by atoms with van der Waals surface area (Å²) in [6.45, 7) is 0. The van der Waals surface area contributed by atoms with Crippen LogP contribution in [0, 0.1) is 0 Å². The Labute approximate surface area is 157 Å². The number of amides is 1. The van der Waals surface area contributed by atoms with Gasteiger partial charge in [0.1, 0.15) is 5.82 Å². The molecule has 1 aliphatic rings. The third-order valence-electron chi connectivity index (χ3n) is 5.01. The molecule has 0 aliphatic heterocycles. The van der Waals surface area contributed by atoms with E-state index >= 15 is 0 Å². The lowest BCUT2D eigenvalue weighted by Crippen LogP contribution is -2.29. The lowest BCUT2D eigenvalue weighted by atomic mass is 10.1. The van der Waals surface area contributed by atoms with Crippen molar-refractivity contribution >= 4 is 28.7 Å². The molecular formula is C21H23N3OS. The molecule has 1 aromatic heterocycles. The Morgan fingerprint density at radius 2 is 2.08 bits per heavy atom. The normalized spacial score (nSPS) is 14.3. The number of benzene rings is 2. The maximum atomic E-state index is 12.8. The quantitative estimate of drug-likeness (QED) is 0.686. The topological polar surface area (TPSA) is 57.8 Å². The molecule has 0 saturated carbocycles. The number of hydrogen-bond donors (Lipinski definition) is 2. The van der Waals surface area contributed by atoms with E-state index < -0.39 is 0 Å². The number of carbonyl (C=O) groups is 1. The van der Waals surface area contributed by atoms with Gasteiger partial charge in [0.25, 0.3) is 5.91 Å². The van der Waals surface area contributed by atoms with Crippen LogP contribution in [-0.4, -0.2) is 27.9 Å². The van der Waals surface area contributed by atoms with Gasteiger partial charge in [-0.2, -0.15) is 11.8 Å². The van der Waals surface area contributed by atoms with Crippen molar-refractivity contribution < 1.29 is 4.79 Å². The first-order valence-electron chi connectivity index (χ1n) is 9.11. The minimum atomic E-state index is -0.115. The minimum Gasteiger partial charge on any atom is -0.342 e. The van der Waals surface area contributed by atoms with E-state index in [0.717, 1.165) is 47.4 Å². The molecule has 1 heterocycles. The van der Waals surface area contributed by atoms with Crippen molar-refractivity contribution in [3.8, 4) is 0 Å². The van der Waals surface area contributed by atoms with Crippen LogP contribution in [0.1, 0.15) is 46.2 Å². The van der Waals surface area contributed by atoms with Crippen LogP contribution in [0.5, 0.6) is 0 Å². The van der Waals surface area contributed by atoms with Gasteiger partial charge in [0.05, 0.1) is 17.1 Å². The molecule has 4 rings (SSSR count). The first-order valence-corrected chi connectivity index (χ1v) is 10.5. The molecule has 5 heteroatoms. The van der Waals surface area contributed by atoms with Gasteiger partial charge in [-0.25, -0.2) is 4.98 Å². The maximum Gasteiger partial charge on any atom is 0.251 e. The minimum absolute atomic E-state index is 0.0220. The average molecular weight is 366 g/mol. The number of nitrogens with one attached hydrogen (secondary N) is 2. The number of fused-ring (bicyclic) bond motifs is 2. The Hall–Kier alpha value is -2.27. The number of aromatic amines is 1. The Morgan fingerprint density at radius 1 is 1.23 bits per heavy atom. The van der Waals surface area contributed by atoms with Crippen LogP contribution in [-0.2, 0) is 12.8 Å². The fraction of sp³-hybridized carbons (Fsp3) is 0.333. The molecule has 2 aromatic carbocycles. The first kappa shape index (κ1) is 17.2. The predicted molar refractivity (Wildman–Crippen MR) is 108 cm³/mol. The number of carbonyl (C=O) groups excluding carboxylic acids is 1. The Kier molecular flexibility index (Phi) is 4.98. The van der Waals surface area contributed by atoms with Crippen LogP contribution < -0.4 is 5.32 Å². The molecule has 0 radical (unpaired) electrons. The summed E-state index contributed by atoms with van der Waals surface area (Å²) in [4.78, 5) is 20.9. The number of hydrogen-bond acceptors (Lipinski definition) is 3. The van der Waals surface area contributed by atoms with Crippen LogP contribution in [0.25, 0.3) is 11.0 Å². The molecule has 1 amide bonds. The van der Waals surface area contributed by atoms with Gasteiger partial charge in [0.2, 0.25) is 0 Å². The molecular weight excluding hydrogens is 342 g/mol. The number of nitrogens with zero attached hydrogens (tertiary/aromatic N) is 1. The standard InChI is InChI=1S/C21H23N3OS/c1-26-12-11-19(20-22-17-7-2-3-8-18(17)23-20)24-21(25)16-10-9-14-5-4-6-15(14)13-16/h2-3,7-10,13,19H,4-6,11-12H2,1H3,(H,22,23)(H,24,25). The van der Waals surface area contributed by atoms with E-state index in [4.69, 9.17) is 4.98 Å². The second-order valence-electron chi connectivity index (χ2n) is 6.78. The van der Waals surface area contributed by atoms with Crippen molar-refractivity contribution in [1.29, 1.82) is 0 Å². The van der Waals surface area contributed by atoms with Gasteiger partial charge in [0.15, 0.2) is 0 Å². The molecule has 0 spiro atoms. The van der Waals surface area contributed by atoms with Crippen LogP contribution >= 0.6 is 11.8 Å². The van der Waals surface area contributed by atoms with E-state index in [0.29, 0.717) is 0 Å². The fourth-order valence-corrected chi connectivity index (χ4v) is 4.08. The van der Waals surface area contributed by atoms with E-state index in [1.54, 1.807) is 11.8 Å². The third kappa shape index (κ3) is 3.49. The summed E-state index contributed by atoms with van der Waals surface area (Å²) in [7, 11) is 0. The fourth-order valence-electron chi connectivity index (χ4n) is 3.61. The number of aromatic nitrogens is 2. The van der Waals surface area contributed by atoms with Gasteiger partial charge in [-0.1, -0.05) is 18.2 Å². The van der Waals surface area contributed by atoms with Crippen molar-refractivity contribution in [2.24, 2.45) is 0 Å². The third-order valence-corrected chi connectivity index (χ3v) is 5.66. The van der Waals surface area contributed by atoms with Crippen LogP contribution in [0.15, 0.2) is 42.5 Å². The highest BCUT2D eigenvalue weighted by atomic mass is 32.2. The molecule has 2 N–H and O–H groups in total. The zero-order chi connectivity index (χ0) is 17.9. The summed E-state index contributed by atoms with van der Waals surface area (Å²) >= 11 is 1.78. The lowest BCUT2D eigenvalue weighted by Gasteiger charge is -2.17. The van der Waals surface area contributed by atoms with Crippen molar-refractivity contribution in [1.82, 2.24) is 15.3 Å². The van der Waals surface area contributed by atoms with Crippen LogP contribution in [0.3, 0.4) is 0 Å². The molecule has 1 unspecified atom stereocenters. The average Bonchev–Trinajstić information content (AvgIpc) is 3.30. The Balaban J connectivity index is 1.57. The van der Waals surface area contributed by atoms with Crippen molar-refractivity contribution in [3.63, 3.8) is 0 Å². The molecule has 0 bridgehead atoms. The number of rotatable bonds is 6. The van der Waals surface area contributed by atoms with Gasteiger partial charge in [-0.3, -0.25) is 4.79 Å². The van der Waals surface area contributed by atoms with E-state index in [-0.39, 0.29) is 11.9 Å². The van der Waals surface area contributed by atoms with Crippen molar-refractivity contribution in [2.75, 3.05) is 12.0 Å². The van der Waals surface area contributed by atoms with Crippen LogP contribution in [0.4, 0.5) is 0 Å². The van der Waals surface area contributed by atoms with Gasteiger partial charge in [-0.05, 0) is 73.1 Å². The number of aryl methyl sites for hydroxylation is 2. The van der Waals surface area contributed by atoms with Gasteiger partial charge >= 0.3 is 0 Å². The van der Waals surface area contributed by atoms with Gasteiger partial charge in [0, 0.05) is 5.56 Å². The van der Waals surface area contributed by atoms with Crippen molar-refractivity contribution in [3.05, 3.63) is 65.0 Å².